The number of likely N-dealkylation sites (tertiary alicyclic amines) is 1. The molecule has 1 aromatic rings. The van der Waals surface area contributed by atoms with Gasteiger partial charge in [0.05, 0.1) is 17.5 Å². The number of hydrogen-bond donors (Lipinski definition) is 1. The van der Waals surface area contributed by atoms with Gasteiger partial charge in [-0.1, -0.05) is 19.1 Å². The van der Waals surface area contributed by atoms with Gasteiger partial charge in [0.15, 0.2) is 0 Å². The van der Waals surface area contributed by atoms with Crippen molar-refractivity contribution in [3.8, 4) is 0 Å². The minimum atomic E-state index is -0.172. The lowest BCUT2D eigenvalue weighted by atomic mass is 9.99. The summed E-state index contributed by atoms with van der Waals surface area (Å²) in [5, 5.41) is 2.93. The summed E-state index contributed by atoms with van der Waals surface area (Å²) in [5.41, 5.74) is 0.764. The highest BCUT2D eigenvalue weighted by atomic mass is 79.9. The minimum Gasteiger partial charge on any atom is -0.339 e. The van der Waals surface area contributed by atoms with Crippen molar-refractivity contribution in [1.29, 1.82) is 0 Å². The van der Waals surface area contributed by atoms with Crippen molar-refractivity contribution in [1.82, 2.24) is 4.90 Å². The topological polar surface area (TPSA) is 49.4 Å². The van der Waals surface area contributed by atoms with Gasteiger partial charge in [-0.05, 0) is 60.2 Å². The molecule has 0 bridgehead atoms. The number of nitrogens with one attached hydrogen (secondary N) is 1. The first-order valence-electron chi connectivity index (χ1n) is 8.47. The first-order valence-corrected chi connectivity index (χ1v) is 9.27. The largest absolute Gasteiger partial charge is 0.339 e. The zero-order chi connectivity index (χ0) is 16.4. The van der Waals surface area contributed by atoms with E-state index in [2.05, 4.69) is 28.2 Å². The molecule has 1 aromatic carbocycles. The number of carbonyl (C=O) groups is 2. The van der Waals surface area contributed by atoms with Crippen LogP contribution in [0.5, 0.6) is 0 Å². The fraction of sp³-hybridized carbons (Fsp3) is 0.556. The Morgan fingerprint density at radius 1 is 1.26 bits per heavy atom. The summed E-state index contributed by atoms with van der Waals surface area (Å²) in [6.07, 6.45) is 5.08. The van der Waals surface area contributed by atoms with Crippen molar-refractivity contribution in [3.05, 3.63) is 28.7 Å². The average molecular weight is 379 g/mol. The third-order valence-corrected chi connectivity index (χ3v) is 5.65. The summed E-state index contributed by atoms with van der Waals surface area (Å²) in [6.45, 7) is 2.99. The molecule has 5 heteroatoms. The molecule has 0 radical (unpaired) electrons. The Morgan fingerprint density at radius 3 is 2.78 bits per heavy atom. The predicted molar refractivity (Wildman–Crippen MR) is 94.0 cm³/mol. The standard InChI is InChI=1S/C18H23BrN2O2/c1-2-12-7-5-6-10-21(12)18(23)14-11-13(14)17(22)20-16-9-4-3-8-15(16)19/h3-4,8-9,12-14H,2,5-7,10-11H2,1H3,(H,20,22). The van der Waals surface area contributed by atoms with Gasteiger partial charge in [-0.3, -0.25) is 9.59 Å². The van der Waals surface area contributed by atoms with E-state index in [1.54, 1.807) is 0 Å². The number of amides is 2. The number of carbonyl (C=O) groups excluding carboxylic acids is 2. The molecule has 2 aliphatic rings. The van der Waals surface area contributed by atoms with E-state index in [0.29, 0.717) is 12.5 Å². The molecule has 4 nitrogen and oxygen atoms in total. The molecule has 0 spiro atoms. The molecular weight excluding hydrogens is 356 g/mol. The number of rotatable bonds is 4. The fourth-order valence-corrected chi connectivity index (χ4v) is 3.86. The Labute approximate surface area is 145 Å². The molecule has 1 aliphatic heterocycles. The predicted octanol–water partition coefficient (Wildman–Crippen LogP) is 3.81. The number of nitrogens with zero attached hydrogens (tertiary/aromatic N) is 1. The molecule has 1 aliphatic carbocycles. The van der Waals surface area contributed by atoms with Gasteiger partial charge < -0.3 is 10.2 Å². The van der Waals surface area contributed by atoms with E-state index < -0.39 is 0 Å². The summed E-state index contributed by atoms with van der Waals surface area (Å²) in [4.78, 5) is 27.1. The van der Waals surface area contributed by atoms with Crippen LogP contribution in [0.2, 0.25) is 0 Å². The lowest BCUT2D eigenvalue weighted by Crippen LogP contribution is -2.44. The van der Waals surface area contributed by atoms with E-state index in [1.165, 1.54) is 6.42 Å². The molecule has 1 saturated carbocycles. The molecule has 0 aromatic heterocycles. The Bertz CT molecular complexity index is 604. The fourth-order valence-electron chi connectivity index (χ4n) is 3.47. The highest BCUT2D eigenvalue weighted by Crippen LogP contribution is 2.42. The van der Waals surface area contributed by atoms with Gasteiger partial charge >= 0.3 is 0 Å². The third-order valence-electron chi connectivity index (χ3n) is 4.96. The number of para-hydroxylation sites is 1. The minimum absolute atomic E-state index is 0.0414. The number of halogens is 1. The maximum absolute atomic E-state index is 12.7. The van der Waals surface area contributed by atoms with Gasteiger partial charge in [0.2, 0.25) is 11.8 Å². The van der Waals surface area contributed by atoms with E-state index in [9.17, 15) is 9.59 Å². The molecule has 3 unspecified atom stereocenters. The Balaban J connectivity index is 1.59. The molecule has 1 saturated heterocycles. The Hall–Kier alpha value is -1.36. The van der Waals surface area contributed by atoms with E-state index in [-0.39, 0.29) is 23.7 Å². The summed E-state index contributed by atoms with van der Waals surface area (Å²) in [5.74, 6) is -0.150. The monoisotopic (exact) mass is 378 g/mol. The maximum Gasteiger partial charge on any atom is 0.228 e. The smallest absolute Gasteiger partial charge is 0.228 e. The second kappa shape index (κ2) is 7.04. The maximum atomic E-state index is 12.7. The summed E-state index contributed by atoms with van der Waals surface area (Å²) < 4.78 is 0.860. The van der Waals surface area contributed by atoms with Crippen LogP contribution in [-0.2, 0) is 9.59 Å². The van der Waals surface area contributed by atoms with Crippen molar-refractivity contribution in [2.75, 3.05) is 11.9 Å². The van der Waals surface area contributed by atoms with E-state index in [0.717, 1.165) is 36.0 Å². The van der Waals surface area contributed by atoms with Crippen molar-refractivity contribution in [2.45, 2.75) is 45.1 Å². The molecule has 1 N–H and O–H groups in total. The van der Waals surface area contributed by atoms with Crippen molar-refractivity contribution >= 4 is 33.4 Å². The van der Waals surface area contributed by atoms with Crippen LogP contribution in [0.1, 0.15) is 39.0 Å². The first-order chi connectivity index (χ1) is 11.1. The number of hydrogen-bond acceptors (Lipinski definition) is 2. The molecule has 124 valence electrons. The van der Waals surface area contributed by atoms with Crippen LogP contribution >= 0.6 is 15.9 Å². The Kier molecular flexibility index (Phi) is 5.05. The van der Waals surface area contributed by atoms with Gasteiger partial charge in [0, 0.05) is 17.1 Å². The van der Waals surface area contributed by atoms with Crippen LogP contribution in [0.3, 0.4) is 0 Å². The van der Waals surface area contributed by atoms with Crippen LogP contribution in [0.15, 0.2) is 28.7 Å². The van der Waals surface area contributed by atoms with Gasteiger partial charge in [0.1, 0.15) is 0 Å². The van der Waals surface area contributed by atoms with Crippen LogP contribution in [0, 0.1) is 11.8 Å². The van der Waals surface area contributed by atoms with Crippen LogP contribution in [-0.4, -0.2) is 29.3 Å². The molecule has 2 fully saturated rings. The highest BCUT2D eigenvalue weighted by Gasteiger charge is 2.50. The average Bonchev–Trinajstić information content (AvgIpc) is 3.37. The first kappa shape index (κ1) is 16.5. The van der Waals surface area contributed by atoms with Gasteiger partial charge in [0.25, 0.3) is 0 Å². The van der Waals surface area contributed by atoms with Crippen molar-refractivity contribution in [3.63, 3.8) is 0 Å². The normalized spacial score (nSPS) is 26.7. The number of piperidine rings is 1. The third kappa shape index (κ3) is 3.60. The lowest BCUT2D eigenvalue weighted by molar-refractivity contribution is -0.137. The number of benzene rings is 1. The summed E-state index contributed by atoms with van der Waals surface area (Å²) in [7, 11) is 0. The van der Waals surface area contributed by atoms with Gasteiger partial charge in [-0.15, -0.1) is 0 Å². The van der Waals surface area contributed by atoms with Crippen LogP contribution < -0.4 is 5.32 Å². The highest BCUT2D eigenvalue weighted by molar-refractivity contribution is 9.10. The van der Waals surface area contributed by atoms with Crippen LogP contribution in [0.25, 0.3) is 0 Å². The summed E-state index contributed by atoms with van der Waals surface area (Å²) >= 11 is 3.43. The van der Waals surface area contributed by atoms with E-state index >= 15 is 0 Å². The zero-order valence-corrected chi connectivity index (χ0v) is 15.0. The number of anilines is 1. The SMILES string of the molecule is CCC1CCCCN1C(=O)C1CC1C(=O)Nc1ccccc1Br. The second-order valence-corrected chi connectivity index (χ2v) is 7.36. The molecule has 3 rings (SSSR count). The quantitative estimate of drug-likeness (QED) is 0.865. The Morgan fingerprint density at radius 2 is 2.04 bits per heavy atom. The van der Waals surface area contributed by atoms with Crippen molar-refractivity contribution in [2.24, 2.45) is 11.8 Å². The summed E-state index contributed by atoms with van der Waals surface area (Å²) in [6, 6.07) is 7.91. The van der Waals surface area contributed by atoms with E-state index in [4.69, 9.17) is 0 Å². The van der Waals surface area contributed by atoms with E-state index in [1.807, 2.05) is 29.2 Å². The lowest BCUT2D eigenvalue weighted by Gasteiger charge is -2.35. The van der Waals surface area contributed by atoms with Gasteiger partial charge in [-0.25, -0.2) is 0 Å². The van der Waals surface area contributed by atoms with Crippen molar-refractivity contribution < 1.29 is 9.59 Å². The van der Waals surface area contributed by atoms with Gasteiger partial charge in [-0.2, -0.15) is 0 Å². The molecule has 2 amide bonds. The second-order valence-electron chi connectivity index (χ2n) is 6.51. The molecular formula is C18H23BrN2O2. The molecule has 23 heavy (non-hydrogen) atoms. The molecule has 1 heterocycles. The molecule has 3 atom stereocenters. The zero-order valence-electron chi connectivity index (χ0n) is 13.4. The van der Waals surface area contributed by atoms with Crippen LogP contribution in [0.4, 0.5) is 5.69 Å².